The van der Waals surface area contributed by atoms with Gasteiger partial charge in [-0.25, -0.2) is 26.3 Å². The molecule has 0 spiro atoms. The zero-order valence-electron chi connectivity index (χ0n) is 7.23. The molecule has 0 bridgehead atoms. The van der Waals surface area contributed by atoms with Gasteiger partial charge in [-0.2, -0.15) is 0 Å². The summed E-state index contributed by atoms with van der Waals surface area (Å²) in [7, 11) is 0. The highest BCUT2D eigenvalue weighted by atomic mass is 35.5. The van der Waals surface area contributed by atoms with Gasteiger partial charge >= 0.3 is 0 Å². The lowest BCUT2D eigenvalue weighted by atomic mass is 9.63. The minimum atomic E-state index is -3.94. The van der Waals surface area contributed by atoms with Gasteiger partial charge in [-0.05, 0) is 0 Å². The molecule has 0 heterocycles. The number of allylic oxidation sites excluding steroid dienone is 4. The van der Waals surface area contributed by atoms with E-state index < -0.39 is 45.4 Å². The molecule has 0 unspecified atom stereocenters. The predicted octanol–water partition coefficient (Wildman–Crippen LogP) is 4.30. The molecule has 90 valence electrons. The van der Waals surface area contributed by atoms with Crippen LogP contribution in [0.15, 0.2) is 23.3 Å². The molecule has 0 saturated heterocycles. The molecule has 1 saturated carbocycles. The first-order chi connectivity index (χ1) is 7.09. The fourth-order valence-corrected chi connectivity index (χ4v) is 2.65. The molecule has 0 aromatic rings. The van der Waals surface area contributed by atoms with Gasteiger partial charge in [0.1, 0.15) is 0 Å². The molecule has 0 N–H and O–H groups in total. The highest BCUT2D eigenvalue weighted by Gasteiger charge is 2.83. The van der Waals surface area contributed by atoms with Crippen molar-refractivity contribution in [3.05, 3.63) is 23.3 Å². The van der Waals surface area contributed by atoms with Gasteiger partial charge in [0, 0.05) is 6.42 Å². The Hall–Kier alpha value is -0.360. The first-order valence-electron chi connectivity index (χ1n) is 3.97. The summed E-state index contributed by atoms with van der Waals surface area (Å²) in [4.78, 5) is 0. The number of hydrogen-bond donors (Lipinski definition) is 0. The predicted molar refractivity (Wildman–Crippen MR) is 45.2 cm³/mol. The van der Waals surface area contributed by atoms with Crippen molar-refractivity contribution in [3.8, 4) is 0 Å². The van der Waals surface area contributed by atoms with E-state index in [1.54, 1.807) is 0 Å². The second-order valence-electron chi connectivity index (χ2n) is 3.60. The molecule has 2 rings (SSSR count). The van der Waals surface area contributed by atoms with E-state index in [-0.39, 0.29) is 0 Å². The standard InChI is InChI=1S/C8H2Cl2F6/c9-7(10)1-6(15)4(13)2(11)3(12)5(14)8(6,7)16/h1H2/t6-,8+/m1/s1. The fraction of sp³-hybridized carbons (Fsp3) is 0.500. The van der Waals surface area contributed by atoms with Crippen molar-refractivity contribution in [1.29, 1.82) is 0 Å². The average molecular weight is 283 g/mol. The Kier molecular flexibility index (Phi) is 2.20. The van der Waals surface area contributed by atoms with Crippen molar-refractivity contribution >= 4 is 23.2 Å². The summed E-state index contributed by atoms with van der Waals surface area (Å²) in [6.45, 7) is 0. The molecule has 0 amide bonds. The number of hydrogen-bond acceptors (Lipinski definition) is 0. The molecule has 8 heteroatoms. The van der Waals surface area contributed by atoms with Crippen LogP contribution < -0.4 is 0 Å². The average Bonchev–Trinajstić information content (AvgIpc) is 2.21. The highest BCUT2D eigenvalue weighted by Crippen LogP contribution is 2.70. The molecule has 0 aliphatic heterocycles. The van der Waals surface area contributed by atoms with Crippen molar-refractivity contribution in [3.63, 3.8) is 0 Å². The lowest BCUT2D eigenvalue weighted by Crippen LogP contribution is -2.72. The summed E-state index contributed by atoms with van der Waals surface area (Å²) < 4.78 is 76.3. The van der Waals surface area contributed by atoms with Crippen molar-refractivity contribution in [2.24, 2.45) is 0 Å². The molecule has 1 fully saturated rings. The van der Waals surface area contributed by atoms with E-state index in [4.69, 9.17) is 23.2 Å². The van der Waals surface area contributed by atoms with Gasteiger partial charge in [0.05, 0.1) is 0 Å². The second kappa shape index (κ2) is 2.90. The summed E-state index contributed by atoms with van der Waals surface area (Å²) in [6.07, 6.45) is -1.21. The topological polar surface area (TPSA) is 0 Å². The summed E-state index contributed by atoms with van der Waals surface area (Å²) >= 11 is 10.4. The number of rotatable bonds is 0. The van der Waals surface area contributed by atoms with Crippen molar-refractivity contribution in [2.45, 2.75) is 22.1 Å². The Bertz CT molecular complexity index is 442. The summed E-state index contributed by atoms with van der Waals surface area (Å²) in [5.41, 5.74) is -7.63. The van der Waals surface area contributed by atoms with Gasteiger partial charge in [-0.1, -0.05) is 23.2 Å². The maximum atomic E-state index is 13.8. The summed E-state index contributed by atoms with van der Waals surface area (Å²) in [5, 5.41) is 0. The van der Waals surface area contributed by atoms with Crippen LogP contribution in [0.4, 0.5) is 26.3 Å². The third-order valence-electron chi connectivity index (χ3n) is 2.74. The minimum absolute atomic E-state index is 1.21. The second-order valence-corrected chi connectivity index (χ2v) is 5.08. The molecule has 0 nitrogen and oxygen atoms in total. The number of alkyl halides is 4. The lowest BCUT2D eigenvalue weighted by molar-refractivity contribution is -0.116. The SMILES string of the molecule is FC1=C(F)[C@]2(F)CC(Cl)(Cl)[C@]2(F)C(F)=C1F. The van der Waals surface area contributed by atoms with E-state index in [2.05, 4.69) is 0 Å². The number of halogens is 8. The van der Waals surface area contributed by atoms with Crippen molar-refractivity contribution in [1.82, 2.24) is 0 Å². The maximum absolute atomic E-state index is 13.8. The van der Waals surface area contributed by atoms with Crippen LogP contribution >= 0.6 is 23.2 Å². The summed E-state index contributed by atoms with van der Waals surface area (Å²) in [5.74, 6) is -9.70. The molecule has 2 atom stereocenters. The van der Waals surface area contributed by atoms with E-state index in [9.17, 15) is 26.3 Å². The number of fused-ring (bicyclic) bond motifs is 1. The normalized spacial score (nSPS) is 42.0. The van der Waals surface area contributed by atoms with E-state index in [1.165, 1.54) is 0 Å². The van der Waals surface area contributed by atoms with Gasteiger partial charge in [0.15, 0.2) is 27.6 Å². The zero-order chi connectivity index (χ0) is 12.5. The molecule has 0 radical (unpaired) electrons. The summed E-state index contributed by atoms with van der Waals surface area (Å²) in [6, 6.07) is 0. The molecular formula is C8H2Cl2F6. The van der Waals surface area contributed by atoms with Crippen LogP contribution in [0.5, 0.6) is 0 Å². The highest BCUT2D eigenvalue weighted by molar-refractivity contribution is 6.50. The third-order valence-corrected chi connectivity index (χ3v) is 3.53. The lowest BCUT2D eigenvalue weighted by Gasteiger charge is -2.55. The Balaban J connectivity index is 2.70. The van der Waals surface area contributed by atoms with Gasteiger partial charge < -0.3 is 0 Å². The fourth-order valence-electron chi connectivity index (χ4n) is 1.81. The van der Waals surface area contributed by atoms with Crippen molar-refractivity contribution in [2.75, 3.05) is 0 Å². The van der Waals surface area contributed by atoms with Crippen LogP contribution in [-0.2, 0) is 0 Å². The van der Waals surface area contributed by atoms with Gasteiger partial charge in [0.25, 0.3) is 0 Å². The molecular weight excluding hydrogens is 281 g/mol. The Labute approximate surface area is 95.5 Å². The largest absolute Gasteiger partial charge is 0.237 e. The third kappa shape index (κ3) is 0.960. The van der Waals surface area contributed by atoms with Gasteiger partial charge in [0.2, 0.25) is 11.3 Å². The molecule has 2 aliphatic rings. The van der Waals surface area contributed by atoms with Gasteiger partial charge in [-0.3, -0.25) is 0 Å². The smallest absolute Gasteiger partial charge is 0.232 e. The molecule has 0 aromatic carbocycles. The van der Waals surface area contributed by atoms with E-state index in [1.807, 2.05) is 0 Å². The van der Waals surface area contributed by atoms with Crippen LogP contribution in [-0.4, -0.2) is 15.7 Å². The quantitative estimate of drug-likeness (QED) is 0.459. The van der Waals surface area contributed by atoms with Gasteiger partial charge in [-0.15, -0.1) is 0 Å². The van der Waals surface area contributed by atoms with Crippen molar-refractivity contribution < 1.29 is 26.3 Å². The molecule has 2 aliphatic carbocycles. The minimum Gasteiger partial charge on any atom is -0.232 e. The Morgan fingerprint density at radius 3 is 1.75 bits per heavy atom. The van der Waals surface area contributed by atoms with Crippen LogP contribution in [0.3, 0.4) is 0 Å². The van der Waals surface area contributed by atoms with E-state index in [0.29, 0.717) is 0 Å². The first kappa shape index (κ1) is 12.1. The monoisotopic (exact) mass is 282 g/mol. The van der Waals surface area contributed by atoms with Crippen LogP contribution in [0.2, 0.25) is 0 Å². The maximum Gasteiger partial charge on any atom is 0.237 e. The van der Waals surface area contributed by atoms with Crippen LogP contribution in [0.25, 0.3) is 0 Å². The molecule has 0 aromatic heterocycles. The Morgan fingerprint density at radius 1 is 0.875 bits per heavy atom. The first-order valence-corrected chi connectivity index (χ1v) is 4.72. The Morgan fingerprint density at radius 2 is 1.31 bits per heavy atom. The zero-order valence-corrected chi connectivity index (χ0v) is 8.74. The van der Waals surface area contributed by atoms with Crippen LogP contribution in [0, 0.1) is 0 Å². The van der Waals surface area contributed by atoms with E-state index in [0.717, 1.165) is 0 Å². The van der Waals surface area contributed by atoms with E-state index >= 15 is 0 Å². The molecule has 16 heavy (non-hydrogen) atoms. The van der Waals surface area contributed by atoms with Crippen LogP contribution in [0.1, 0.15) is 6.42 Å².